The lowest BCUT2D eigenvalue weighted by atomic mass is 10.0. The summed E-state index contributed by atoms with van der Waals surface area (Å²) in [6, 6.07) is 0. The first-order valence-electron chi connectivity index (χ1n) is 8.03. The summed E-state index contributed by atoms with van der Waals surface area (Å²) in [6.07, 6.45) is 1.73. The van der Waals surface area contributed by atoms with Gasteiger partial charge >= 0.3 is 0 Å². The van der Waals surface area contributed by atoms with Crippen molar-refractivity contribution < 1.29 is 23.1 Å². The average Bonchev–Trinajstić information content (AvgIpc) is 2.78. The molecule has 0 radical (unpaired) electrons. The van der Waals surface area contributed by atoms with Crippen LogP contribution in [0.1, 0.15) is 6.42 Å². The lowest BCUT2D eigenvalue weighted by Gasteiger charge is -2.38. The minimum Gasteiger partial charge on any atom is -0.387 e. The van der Waals surface area contributed by atoms with E-state index in [0.29, 0.717) is 39.3 Å². The highest BCUT2D eigenvalue weighted by Crippen LogP contribution is 2.27. The largest absolute Gasteiger partial charge is 0.387 e. The molecule has 1 amide bonds. The van der Waals surface area contributed by atoms with Gasteiger partial charge in [-0.3, -0.25) is 9.69 Å². The third-order valence-electron chi connectivity index (χ3n) is 4.93. The molecule has 0 spiro atoms. The van der Waals surface area contributed by atoms with E-state index in [1.165, 1.54) is 4.31 Å². The van der Waals surface area contributed by atoms with Crippen molar-refractivity contribution in [1.29, 1.82) is 0 Å². The van der Waals surface area contributed by atoms with E-state index in [1.807, 2.05) is 0 Å². The fraction of sp³-hybridized carbons (Fsp3) is 0.929. The normalized spacial score (nSPS) is 31.3. The number of amides is 1. The number of carbonyl (C=O) groups excluding carboxylic acids is 1. The molecule has 3 saturated heterocycles. The van der Waals surface area contributed by atoms with Gasteiger partial charge in [0, 0.05) is 39.3 Å². The van der Waals surface area contributed by atoms with Crippen molar-refractivity contribution in [2.45, 2.75) is 12.0 Å². The van der Waals surface area contributed by atoms with Crippen molar-refractivity contribution in [2.75, 3.05) is 65.3 Å². The zero-order chi connectivity index (χ0) is 16.7. The van der Waals surface area contributed by atoms with Crippen LogP contribution in [0.5, 0.6) is 0 Å². The van der Waals surface area contributed by atoms with Crippen LogP contribution in [-0.4, -0.2) is 104 Å². The molecule has 3 aliphatic rings. The second kappa shape index (κ2) is 6.29. The number of hydrogen-bond acceptors (Lipinski definition) is 6. The number of carbonyl (C=O) groups is 1. The fourth-order valence-electron chi connectivity index (χ4n) is 3.47. The van der Waals surface area contributed by atoms with Crippen LogP contribution in [0.15, 0.2) is 0 Å². The summed E-state index contributed by atoms with van der Waals surface area (Å²) < 4.78 is 29.4. The van der Waals surface area contributed by atoms with E-state index in [9.17, 15) is 18.3 Å². The number of nitrogens with zero attached hydrogens (tertiary/aromatic N) is 3. The first-order valence-corrected chi connectivity index (χ1v) is 9.88. The second-order valence-electron chi connectivity index (χ2n) is 6.90. The number of ether oxygens (including phenoxy) is 1. The van der Waals surface area contributed by atoms with Gasteiger partial charge in [0.2, 0.25) is 15.9 Å². The maximum absolute atomic E-state index is 12.4. The molecule has 3 rings (SSSR count). The third kappa shape index (κ3) is 3.85. The van der Waals surface area contributed by atoms with E-state index in [4.69, 9.17) is 4.74 Å². The molecule has 3 fully saturated rings. The van der Waals surface area contributed by atoms with Gasteiger partial charge in [-0.1, -0.05) is 0 Å². The number of aliphatic hydroxyl groups is 1. The van der Waals surface area contributed by atoms with Crippen LogP contribution in [0.3, 0.4) is 0 Å². The van der Waals surface area contributed by atoms with Gasteiger partial charge in [0.1, 0.15) is 0 Å². The van der Waals surface area contributed by atoms with Crippen LogP contribution in [0.25, 0.3) is 0 Å². The van der Waals surface area contributed by atoms with Crippen molar-refractivity contribution in [1.82, 2.24) is 14.1 Å². The lowest BCUT2D eigenvalue weighted by molar-refractivity contribution is -0.139. The molecule has 1 atom stereocenters. The number of rotatable bonds is 4. The Balaban J connectivity index is 1.50. The molecule has 0 aromatic rings. The quantitative estimate of drug-likeness (QED) is 0.644. The standard InChI is InChI=1S/C14H25N3O5S/c1-23(20,21)17-8-12(9-17)13(18)16-3-2-14(19,11-16)10-15-4-6-22-7-5-15/h12,19H,2-11H2,1H3. The SMILES string of the molecule is CS(=O)(=O)N1CC(C(=O)N2CCC(O)(CN3CCOCC3)C2)C1. The molecular formula is C14H25N3O5S. The van der Waals surface area contributed by atoms with Gasteiger partial charge in [0.05, 0.1) is 37.5 Å². The van der Waals surface area contributed by atoms with Crippen molar-refractivity contribution in [3.8, 4) is 0 Å². The van der Waals surface area contributed by atoms with Crippen LogP contribution in [0.4, 0.5) is 0 Å². The topological polar surface area (TPSA) is 90.4 Å². The molecule has 23 heavy (non-hydrogen) atoms. The molecule has 1 N–H and O–H groups in total. The summed E-state index contributed by atoms with van der Waals surface area (Å²) in [5, 5.41) is 10.7. The molecule has 0 bridgehead atoms. The van der Waals surface area contributed by atoms with Gasteiger partial charge in [-0.05, 0) is 6.42 Å². The molecule has 0 aromatic heterocycles. The van der Waals surface area contributed by atoms with Gasteiger partial charge in [0.25, 0.3) is 0 Å². The smallest absolute Gasteiger partial charge is 0.228 e. The number of hydrogen-bond donors (Lipinski definition) is 1. The van der Waals surface area contributed by atoms with Gasteiger partial charge in [-0.25, -0.2) is 12.7 Å². The van der Waals surface area contributed by atoms with Crippen molar-refractivity contribution >= 4 is 15.9 Å². The van der Waals surface area contributed by atoms with Crippen LogP contribution < -0.4 is 0 Å². The molecule has 3 aliphatic heterocycles. The van der Waals surface area contributed by atoms with Crippen LogP contribution >= 0.6 is 0 Å². The van der Waals surface area contributed by atoms with Crippen LogP contribution in [0, 0.1) is 5.92 Å². The highest BCUT2D eigenvalue weighted by molar-refractivity contribution is 7.88. The predicted molar refractivity (Wildman–Crippen MR) is 83.3 cm³/mol. The third-order valence-corrected chi connectivity index (χ3v) is 6.17. The van der Waals surface area contributed by atoms with Gasteiger partial charge in [0.15, 0.2) is 0 Å². The van der Waals surface area contributed by atoms with E-state index in [2.05, 4.69) is 4.90 Å². The Morgan fingerprint density at radius 3 is 2.52 bits per heavy atom. The lowest BCUT2D eigenvalue weighted by Crippen LogP contribution is -2.56. The summed E-state index contributed by atoms with van der Waals surface area (Å²) >= 11 is 0. The summed E-state index contributed by atoms with van der Waals surface area (Å²) in [5.41, 5.74) is -0.868. The minimum absolute atomic E-state index is 0.0391. The number of likely N-dealkylation sites (tertiary alicyclic amines) is 1. The monoisotopic (exact) mass is 347 g/mol. The Hall–Kier alpha value is -0.740. The number of morpholine rings is 1. The molecule has 0 aliphatic carbocycles. The first kappa shape index (κ1) is 17.1. The Bertz CT molecular complexity index is 557. The molecule has 8 nitrogen and oxygen atoms in total. The molecule has 9 heteroatoms. The number of β-amino-alcohol motifs (C(OH)–C–C–N with tert-alkyl or cyclic N) is 1. The van der Waals surface area contributed by atoms with Crippen molar-refractivity contribution in [2.24, 2.45) is 5.92 Å². The van der Waals surface area contributed by atoms with E-state index in [-0.39, 0.29) is 24.9 Å². The van der Waals surface area contributed by atoms with Crippen LogP contribution in [-0.2, 0) is 19.6 Å². The summed E-state index contributed by atoms with van der Waals surface area (Å²) in [4.78, 5) is 16.3. The van der Waals surface area contributed by atoms with Crippen molar-refractivity contribution in [3.05, 3.63) is 0 Å². The Morgan fingerprint density at radius 2 is 1.91 bits per heavy atom. The molecule has 132 valence electrons. The molecule has 1 unspecified atom stereocenters. The first-order chi connectivity index (χ1) is 10.8. The fourth-order valence-corrected chi connectivity index (χ4v) is 4.37. The van der Waals surface area contributed by atoms with Crippen molar-refractivity contribution in [3.63, 3.8) is 0 Å². The highest BCUT2D eigenvalue weighted by atomic mass is 32.2. The zero-order valence-electron chi connectivity index (χ0n) is 13.5. The summed E-state index contributed by atoms with van der Waals surface area (Å²) in [7, 11) is -3.20. The predicted octanol–water partition coefficient (Wildman–Crippen LogP) is -1.83. The van der Waals surface area contributed by atoms with E-state index in [1.54, 1.807) is 4.90 Å². The second-order valence-corrected chi connectivity index (χ2v) is 8.88. The van der Waals surface area contributed by atoms with Crippen LogP contribution in [0.2, 0.25) is 0 Å². The summed E-state index contributed by atoms with van der Waals surface area (Å²) in [5.74, 6) is -0.307. The molecule has 3 heterocycles. The minimum atomic E-state index is -3.20. The maximum atomic E-state index is 12.4. The number of sulfonamides is 1. The Morgan fingerprint density at radius 1 is 1.26 bits per heavy atom. The molecular weight excluding hydrogens is 322 g/mol. The average molecular weight is 347 g/mol. The Kier molecular flexibility index (Phi) is 4.67. The van der Waals surface area contributed by atoms with E-state index >= 15 is 0 Å². The van der Waals surface area contributed by atoms with Gasteiger partial charge in [-0.2, -0.15) is 0 Å². The zero-order valence-corrected chi connectivity index (χ0v) is 14.3. The molecule has 0 saturated carbocycles. The molecule has 0 aromatic carbocycles. The van der Waals surface area contributed by atoms with E-state index < -0.39 is 15.6 Å². The highest BCUT2D eigenvalue weighted by Gasteiger charge is 2.45. The Labute approximate surface area is 137 Å². The van der Waals surface area contributed by atoms with Gasteiger partial charge < -0.3 is 14.7 Å². The summed E-state index contributed by atoms with van der Waals surface area (Å²) in [6.45, 7) is 4.93. The van der Waals surface area contributed by atoms with E-state index in [0.717, 1.165) is 19.3 Å². The maximum Gasteiger partial charge on any atom is 0.228 e. The van der Waals surface area contributed by atoms with Gasteiger partial charge in [-0.15, -0.1) is 0 Å².